The summed E-state index contributed by atoms with van der Waals surface area (Å²) in [4.78, 5) is 36.5. The highest BCUT2D eigenvalue weighted by molar-refractivity contribution is 5.93. The molecule has 0 fully saturated rings. The van der Waals surface area contributed by atoms with E-state index in [1.54, 1.807) is 32.9 Å². The highest BCUT2D eigenvalue weighted by atomic mass is 16.6. The molecule has 0 atom stereocenters. The van der Waals surface area contributed by atoms with Crippen LogP contribution < -0.4 is 15.6 Å². The van der Waals surface area contributed by atoms with Gasteiger partial charge in [-0.15, -0.1) is 0 Å². The Bertz CT molecular complexity index is 833. The molecule has 9 nitrogen and oxygen atoms in total. The maximum atomic E-state index is 12.2. The van der Waals surface area contributed by atoms with Crippen LogP contribution in [0.5, 0.6) is 5.88 Å². The quantitative estimate of drug-likeness (QED) is 0.791. The lowest BCUT2D eigenvalue weighted by Gasteiger charge is -2.19. The number of pyridine rings is 1. The van der Waals surface area contributed by atoms with Gasteiger partial charge in [-0.1, -0.05) is 0 Å². The molecule has 0 radical (unpaired) electrons. The van der Waals surface area contributed by atoms with Gasteiger partial charge < -0.3 is 9.47 Å². The lowest BCUT2D eigenvalue weighted by molar-refractivity contribution is 0.0483. The molecule has 0 aliphatic heterocycles. The number of carbonyl (C=O) groups excluding carboxylic acids is 2. The van der Waals surface area contributed by atoms with Gasteiger partial charge in [-0.05, 0) is 40.7 Å². The highest BCUT2D eigenvalue weighted by Crippen LogP contribution is 2.22. The van der Waals surface area contributed by atoms with E-state index in [1.165, 1.54) is 12.4 Å². The highest BCUT2D eigenvalue weighted by Gasteiger charge is 2.17. The van der Waals surface area contributed by atoms with E-state index in [0.29, 0.717) is 23.9 Å². The summed E-state index contributed by atoms with van der Waals surface area (Å²) in [7, 11) is 0. The van der Waals surface area contributed by atoms with Crippen LogP contribution in [0, 0.1) is 6.92 Å². The van der Waals surface area contributed by atoms with Crippen LogP contribution in [0.1, 0.15) is 43.9 Å². The smallest absolute Gasteiger partial charge is 0.426 e. The summed E-state index contributed by atoms with van der Waals surface area (Å²) in [5.74, 6) is -0.103. The maximum absolute atomic E-state index is 12.2. The van der Waals surface area contributed by atoms with Gasteiger partial charge in [0.15, 0.2) is 0 Å². The van der Waals surface area contributed by atoms with Crippen LogP contribution in [0.4, 0.5) is 4.79 Å². The molecule has 2 aromatic rings. The number of aromatic nitrogens is 3. The number of aryl methyl sites for hydroxylation is 1. The van der Waals surface area contributed by atoms with E-state index in [-0.39, 0.29) is 5.69 Å². The Kier molecular flexibility index (Phi) is 6.27. The molecule has 0 aliphatic rings. The van der Waals surface area contributed by atoms with Crippen molar-refractivity contribution in [2.45, 2.75) is 40.2 Å². The van der Waals surface area contributed by atoms with Gasteiger partial charge in [-0.2, -0.15) is 0 Å². The molecule has 9 heteroatoms. The van der Waals surface area contributed by atoms with E-state index in [0.717, 1.165) is 5.56 Å². The summed E-state index contributed by atoms with van der Waals surface area (Å²) in [6, 6.07) is 3.53. The molecule has 0 unspecified atom stereocenters. The Morgan fingerprint density at radius 2 is 1.85 bits per heavy atom. The number of nitrogens with one attached hydrogen (secondary N) is 2. The number of carbonyl (C=O) groups is 2. The molecule has 144 valence electrons. The van der Waals surface area contributed by atoms with Crippen molar-refractivity contribution in [1.29, 1.82) is 0 Å². The van der Waals surface area contributed by atoms with Crippen LogP contribution in [0.2, 0.25) is 0 Å². The zero-order valence-corrected chi connectivity index (χ0v) is 16.0. The van der Waals surface area contributed by atoms with Crippen LogP contribution in [-0.4, -0.2) is 39.2 Å². The second-order valence-corrected chi connectivity index (χ2v) is 6.59. The number of rotatable bonds is 4. The molecule has 2 aromatic heterocycles. The van der Waals surface area contributed by atoms with Gasteiger partial charge in [0.25, 0.3) is 5.91 Å². The Morgan fingerprint density at radius 1 is 1.11 bits per heavy atom. The predicted molar refractivity (Wildman–Crippen MR) is 98.0 cm³/mol. The fourth-order valence-corrected chi connectivity index (χ4v) is 2.12. The Morgan fingerprint density at radius 3 is 2.48 bits per heavy atom. The molecule has 0 saturated heterocycles. The largest absolute Gasteiger partial charge is 0.478 e. The van der Waals surface area contributed by atoms with Gasteiger partial charge in [0.1, 0.15) is 11.3 Å². The monoisotopic (exact) mass is 373 g/mol. The van der Waals surface area contributed by atoms with Crippen LogP contribution in [0.25, 0.3) is 11.3 Å². The molecular weight excluding hydrogens is 350 g/mol. The van der Waals surface area contributed by atoms with Crippen LogP contribution >= 0.6 is 0 Å². The fourth-order valence-electron chi connectivity index (χ4n) is 2.12. The second-order valence-electron chi connectivity index (χ2n) is 6.59. The minimum atomic E-state index is -0.772. The SMILES string of the molecule is CCOc1ccc(-c2cncc(C(=O)NNC(=O)OC(C)(C)C)n2)c(C)n1. The molecule has 0 aliphatic carbocycles. The molecule has 0 aromatic carbocycles. The summed E-state index contributed by atoms with van der Waals surface area (Å²) in [5.41, 5.74) is 5.67. The van der Waals surface area contributed by atoms with Crippen molar-refractivity contribution in [2.24, 2.45) is 0 Å². The number of hydrazine groups is 1. The normalized spacial score (nSPS) is 10.9. The lowest BCUT2D eigenvalue weighted by atomic mass is 10.1. The fraction of sp³-hybridized carbons (Fsp3) is 0.389. The molecule has 2 heterocycles. The van der Waals surface area contributed by atoms with Crippen LogP contribution in [0.3, 0.4) is 0 Å². The first-order valence-corrected chi connectivity index (χ1v) is 8.42. The molecule has 0 spiro atoms. The van der Waals surface area contributed by atoms with E-state index < -0.39 is 17.6 Å². The number of hydrogen-bond acceptors (Lipinski definition) is 7. The predicted octanol–water partition coefficient (Wildman–Crippen LogP) is 2.42. The minimum Gasteiger partial charge on any atom is -0.478 e. The summed E-state index contributed by atoms with van der Waals surface area (Å²) < 4.78 is 10.4. The van der Waals surface area contributed by atoms with Crippen LogP contribution in [-0.2, 0) is 4.74 Å². The van der Waals surface area contributed by atoms with Gasteiger partial charge >= 0.3 is 6.09 Å². The molecule has 0 bridgehead atoms. The van der Waals surface area contributed by atoms with Gasteiger partial charge in [0.2, 0.25) is 5.88 Å². The Labute approximate surface area is 157 Å². The van der Waals surface area contributed by atoms with Gasteiger partial charge in [0.05, 0.1) is 30.4 Å². The van der Waals surface area contributed by atoms with E-state index in [1.807, 2.05) is 13.8 Å². The lowest BCUT2D eigenvalue weighted by Crippen LogP contribution is -2.44. The number of ether oxygens (including phenoxy) is 2. The average molecular weight is 373 g/mol. The Hall–Kier alpha value is -3.23. The summed E-state index contributed by atoms with van der Waals surface area (Å²) in [6.07, 6.45) is 2.06. The van der Waals surface area contributed by atoms with E-state index >= 15 is 0 Å². The van der Waals surface area contributed by atoms with Crippen molar-refractivity contribution in [2.75, 3.05) is 6.61 Å². The second kappa shape index (κ2) is 8.43. The van der Waals surface area contributed by atoms with Crippen molar-refractivity contribution in [3.8, 4) is 17.1 Å². The topological polar surface area (TPSA) is 115 Å². The van der Waals surface area contributed by atoms with E-state index in [2.05, 4.69) is 25.8 Å². The standard InChI is InChI=1S/C18H23N5O4/c1-6-26-15-8-7-12(11(2)20-15)13-9-19-10-14(21-13)16(24)22-23-17(25)27-18(3,4)5/h7-10H,6H2,1-5H3,(H,22,24)(H,23,25). The molecule has 2 amide bonds. The summed E-state index contributed by atoms with van der Waals surface area (Å²) in [5, 5.41) is 0. The number of nitrogens with zero attached hydrogens (tertiary/aromatic N) is 3. The molecular formula is C18H23N5O4. The molecule has 2 rings (SSSR count). The van der Waals surface area contributed by atoms with Gasteiger partial charge in [0, 0.05) is 11.6 Å². The van der Waals surface area contributed by atoms with Crippen LogP contribution in [0.15, 0.2) is 24.5 Å². The third kappa shape index (κ3) is 5.91. The zero-order chi connectivity index (χ0) is 20.0. The minimum absolute atomic E-state index is 0.0387. The summed E-state index contributed by atoms with van der Waals surface area (Å²) >= 11 is 0. The third-order valence-corrected chi connectivity index (χ3v) is 3.17. The van der Waals surface area contributed by atoms with Crippen molar-refractivity contribution in [1.82, 2.24) is 25.8 Å². The van der Waals surface area contributed by atoms with Crippen molar-refractivity contribution in [3.63, 3.8) is 0 Å². The van der Waals surface area contributed by atoms with Gasteiger partial charge in [-0.3, -0.25) is 15.2 Å². The number of hydrogen-bond donors (Lipinski definition) is 2. The average Bonchev–Trinajstić information content (AvgIpc) is 2.59. The zero-order valence-electron chi connectivity index (χ0n) is 16.0. The van der Waals surface area contributed by atoms with Gasteiger partial charge in [-0.25, -0.2) is 20.2 Å². The van der Waals surface area contributed by atoms with Crippen molar-refractivity contribution >= 4 is 12.0 Å². The third-order valence-electron chi connectivity index (χ3n) is 3.17. The summed E-state index contributed by atoms with van der Waals surface area (Å²) in [6.45, 7) is 9.37. The maximum Gasteiger partial charge on any atom is 0.426 e. The van der Waals surface area contributed by atoms with E-state index in [4.69, 9.17) is 9.47 Å². The first kappa shape index (κ1) is 20.1. The molecule has 2 N–H and O–H groups in total. The first-order valence-electron chi connectivity index (χ1n) is 8.42. The van der Waals surface area contributed by atoms with Crippen molar-refractivity contribution in [3.05, 3.63) is 35.9 Å². The first-order chi connectivity index (χ1) is 12.7. The van der Waals surface area contributed by atoms with Crippen molar-refractivity contribution < 1.29 is 19.1 Å². The number of amides is 2. The molecule has 27 heavy (non-hydrogen) atoms. The Balaban J connectivity index is 2.11. The van der Waals surface area contributed by atoms with E-state index in [9.17, 15) is 9.59 Å². The molecule has 0 saturated carbocycles.